The maximum atomic E-state index is 12.0. The van der Waals surface area contributed by atoms with Gasteiger partial charge < -0.3 is 5.32 Å². The first-order valence-electron chi connectivity index (χ1n) is 7.14. The maximum absolute atomic E-state index is 12.0. The van der Waals surface area contributed by atoms with Crippen molar-refractivity contribution in [1.82, 2.24) is 9.78 Å². The number of hydrogen-bond donors (Lipinski definition) is 1. The number of carbonyl (C=O) groups excluding carboxylic acids is 1. The highest BCUT2D eigenvalue weighted by Crippen LogP contribution is 2.20. The Kier molecular flexibility index (Phi) is 6.02. The lowest BCUT2D eigenvalue weighted by molar-refractivity contribution is -0.116. The van der Waals surface area contributed by atoms with Gasteiger partial charge in [-0.15, -0.1) is 0 Å². The number of nitrogens with one attached hydrogen (secondary N) is 1. The Hall–Kier alpha value is -0.890. The predicted molar refractivity (Wildman–Crippen MR) is 101 cm³/mol. The topological polar surface area (TPSA) is 46.9 Å². The normalized spacial score (nSPS) is 10.8. The van der Waals surface area contributed by atoms with E-state index in [1.807, 2.05) is 36.7 Å². The second-order valence-corrected chi connectivity index (χ2v) is 7.31. The van der Waals surface area contributed by atoms with Crippen molar-refractivity contribution >= 4 is 50.1 Å². The molecule has 1 aromatic carbocycles. The van der Waals surface area contributed by atoms with E-state index in [1.165, 1.54) is 9.26 Å². The first-order valence-corrected chi connectivity index (χ1v) is 9.01. The largest absolute Gasteiger partial charge is 0.326 e. The van der Waals surface area contributed by atoms with Crippen LogP contribution >= 0.6 is 38.5 Å². The van der Waals surface area contributed by atoms with E-state index in [1.54, 1.807) is 0 Å². The third-order valence-electron chi connectivity index (χ3n) is 3.53. The molecule has 2 aromatic rings. The molecule has 0 aliphatic carbocycles. The minimum Gasteiger partial charge on any atom is -0.326 e. The van der Waals surface area contributed by atoms with Crippen molar-refractivity contribution in [3.63, 3.8) is 0 Å². The zero-order valence-electron chi connectivity index (χ0n) is 12.9. The molecule has 0 aliphatic rings. The van der Waals surface area contributed by atoms with Crippen molar-refractivity contribution in [1.29, 1.82) is 0 Å². The Bertz CT molecular complexity index is 697. The summed E-state index contributed by atoms with van der Waals surface area (Å²) in [6.07, 6.45) is 1.27. The Balaban J connectivity index is 1.86. The van der Waals surface area contributed by atoms with Crippen LogP contribution in [0, 0.1) is 24.3 Å². The van der Waals surface area contributed by atoms with Crippen LogP contribution in [0.1, 0.15) is 29.8 Å². The molecule has 0 fully saturated rings. The van der Waals surface area contributed by atoms with Gasteiger partial charge in [-0.05, 0) is 73.5 Å². The predicted octanol–water partition coefficient (Wildman–Crippen LogP) is 4.59. The average Bonchev–Trinajstić information content (AvgIpc) is 2.70. The van der Waals surface area contributed by atoms with E-state index in [-0.39, 0.29) is 5.91 Å². The van der Waals surface area contributed by atoms with Gasteiger partial charge in [0.25, 0.3) is 0 Å². The number of benzene rings is 1. The molecule has 1 heterocycles. The molecular formula is C16H19BrIN3O. The van der Waals surface area contributed by atoms with Gasteiger partial charge >= 0.3 is 0 Å². The molecule has 0 radical (unpaired) electrons. The van der Waals surface area contributed by atoms with Crippen LogP contribution in [-0.2, 0) is 11.3 Å². The number of hydrogen-bond acceptors (Lipinski definition) is 2. The van der Waals surface area contributed by atoms with Crippen molar-refractivity contribution in [2.24, 2.45) is 0 Å². The van der Waals surface area contributed by atoms with Crippen molar-refractivity contribution < 1.29 is 4.79 Å². The Morgan fingerprint density at radius 2 is 2.09 bits per heavy atom. The smallest absolute Gasteiger partial charge is 0.224 e. The van der Waals surface area contributed by atoms with Gasteiger partial charge in [-0.2, -0.15) is 5.10 Å². The summed E-state index contributed by atoms with van der Waals surface area (Å²) in [7, 11) is 0. The molecule has 2 rings (SSSR count). The summed E-state index contributed by atoms with van der Waals surface area (Å²) < 4.78 is 4.20. The minimum atomic E-state index is 0.0432. The van der Waals surface area contributed by atoms with Gasteiger partial charge in [-0.25, -0.2) is 0 Å². The SMILES string of the molecule is Cc1cc(Br)ccc1NC(=O)CCCn1nc(C)c(I)c1C. The molecule has 1 aromatic heterocycles. The first-order chi connectivity index (χ1) is 10.4. The second-order valence-electron chi connectivity index (χ2n) is 5.32. The van der Waals surface area contributed by atoms with Crippen LogP contribution in [0.4, 0.5) is 5.69 Å². The van der Waals surface area contributed by atoms with Gasteiger partial charge in [-0.1, -0.05) is 15.9 Å². The lowest BCUT2D eigenvalue weighted by Crippen LogP contribution is -2.14. The highest BCUT2D eigenvalue weighted by molar-refractivity contribution is 14.1. The monoisotopic (exact) mass is 475 g/mol. The van der Waals surface area contributed by atoms with Crippen LogP contribution in [0.15, 0.2) is 22.7 Å². The second kappa shape index (κ2) is 7.59. The fourth-order valence-electron chi connectivity index (χ4n) is 2.26. The van der Waals surface area contributed by atoms with Crippen LogP contribution < -0.4 is 5.32 Å². The Labute approximate surface area is 152 Å². The van der Waals surface area contributed by atoms with E-state index in [0.717, 1.165) is 34.4 Å². The molecule has 0 unspecified atom stereocenters. The van der Waals surface area contributed by atoms with Crippen molar-refractivity contribution in [3.8, 4) is 0 Å². The number of aromatic nitrogens is 2. The summed E-state index contributed by atoms with van der Waals surface area (Å²) >= 11 is 5.73. The summed E-state index contributed by atoms with van der Waals surface area (Å²) in [6, 6.07) is 5.84. The minimum absolute atomic E-state index is 0.0432. The van der Waals surface area contributed by atoms with Gasteiger partial charge in [0.2, 0.25) is 5.91 Å². The summed E-state index contributed by atoms with van der Waals surface area (Å²) in [5.41, 5.74) is 4.14. The molecule has 22 heavy (non-hydrogen) atoms. The highest BCUT2D eigenvalue weighted by Gasteiger charge is 2.09. The Morgan fingerprint density at radius 1 is 1.36 bits per heavy atom. The van der Waals surface area contributed by atoms with E-state index in [9.17, 15) is 4.79 Å². The number of amides is 1. The number of halogens is 2. The maximum Gasteiger partial charge on any atom is 0.224 e. The molecule has 0 bridgehead atoms. The number of aryl methyl sites for hydroxylation is 3. The lowest BCUT2D eigenvalue weighted by atomic mass is 10.2. The van der Waals surface area contributed by atoms with E-state index < -0.39 is 0 Å². The molecule has 0 saturated carbocycles. The number of nitrogens with zero attached hydrogens (tertiary/aromatic N) is 2. The zero-order valence-corrected chi connectivity index (χ0v) is 16.7. The molecule has 4 nitrogen and oxygen atoms in total. The van der Waals surface area contributed by atoms with Gasteiger partial charge in [0.15, 0.2) is 0 Å². The van der Waals surface area contributed by atoms with Crippen LogP contribution in [-0.4, -0.2) is 15.7 Å². The molecular weight excluding hydrogens is 457 g/mol. The van der Waals surface area contributed by atoms with Gasteiger partial charge in [0.05, 0.1) is 9.26 Å². The van der Waals surface area contributed by atoms with Crippen LogP contribution in [0.5, 0.6) is 0 Å². The van der Waals surface area contributed by atoms with Crippen LogP contribution in [0.2, 0.25) is 0 Å². The van der Waals surface area contributed by atoms with Gasteiger partial charge in [-0.3, -0.25) is 9.48 Å². The van der Waals surface area contributed by atoms with Crippen molar-refractivity contribution in [3.05, 3.63) is 43.2 Å². The molecule has 118 valence electrons. The summed E-state index contributed by atoms with van der Waals surface area (Å²) in [6.45, 7) is 6.82. The lowest BCUT2D eigenvalue weighted by Gasteiger charge is -2.09. The number of rotatable bonds is 5. The summed E-state index contributed by atoms with van der Waals surface area (Å²) in [4.78, 5) is 12.0. The number of anilines is 1. The standard InChI is InChI=1S/C16H19BrIN3O/c1-10-9-13(17)6-7-14(10)19-15(22)5-4-8-21-12(3)16(18)11(2)20-21/h6-7,9H,4-5,8H2,1-3H3,(H,19,22). The van der Waals surface area contributed by atoms with E-state index in [2.05, 4.69) is 55.9 Å². The fraction of sp³-hybridized carbons (Fsp3) is 0.375. The summed E-state index contributed by atoms with van der Waals surface area (Å²) in [5, 5.41) is 7.45. The van der Waals surface area contributed by atoms with E-state index >= 15 is 0 Å². The van der Waals surface area contributed by atoms with Gasteiger partial charge in [0, 0.05) is 28.8 Å². The van der Waals surface area contributed by atoms with Crippen molar-refractivity contribution in [2.75, 3.05) is 5.32 Å². The molecule has 1 amide bonds. The van der Waals surface area contributed by atoms with Crippen LogP contribution in [0.3, 0.4) is 0 Å². The third kappa shape index (κ3) is 4.32. The molecule has 0 spiro atoms. The Morgan fingerprint density at radius 3 is 2.68 bits per heavy atom. The highest BCUT2D eigenvalue weighted by atomic mass is 127. The number of carbonyl (C=O) groups is 1. The van der Waals surface area contributed by atoms with Gasteiger partial charge in [0.1, 0.15) is 0 Å². The fourth-order valence-corrected chi connectivity index (χ4v) is 3.12. The molecule has 6 heteroatoms. The molecule has 1 N–H and O–H groups in total. The van der Waals surface area contributed by atoms with Crippen LogP contribution in [0.25, 0.3) is 0 Å². The molecule has 0 aliphatic heterocycles. The molecule has 0 saturated heterocycles. The zero-order chi connectivity index (χ0) is 16.3. The van der Waals surface area contributed by atoms with E-state index in [0.29, 0.717) is 6.42 Å². The third-order valence-corrected chi connectivity index (χ3v) is 5.58. The summed E-state index contributed by atoms with van der Waals surface area (Å²) in [5.74, 6) is 0.0432. The van der Waals surface area contributed by atoms with E-state index in [4.69, 9.17) is 0 Å². The first kappa shape index (κ1) is 17.5. The molecule has 0 atom stereocenters. The average molecular weight is 476 g/mol. The van der Waals surface area contributed by atoms with Crippen molar-refractivity contribution in [2.45, 2.75) is 40.2 Å². The quantitative estimate of drug-likeness (QED) is 0.642.